The SMILES string of the molecule is Cc1ccc(C(=O)CN2C(=O)COc3ccc(Br)nc32)cc1C. The molecule has 0 spiro atoms. The minimum Gasteiger partial charge on any atom is -0.480 e. The molecule has 2 heterocycles. The van der Waals surface area contributed by atoms with Crippen LogP contribution in [0.5, 0.6) is 5.75 Å². The Hall–Kier alpha value is -2.21. The molecular weight excluding hydrogens is 360 g/mol. The molecule has 1 aromatic heterocycles. The highest BCUT2D eigenvalue weighted by Crippen LogP contribution is 2.31. The number of aryl methyl sites for hydroxylation is 2. The number of anilines is 1. The van der Waals surface area contributed by atoms with E-state index in [1.54, 1.807) is 18.2 Å². The van der Waals surface area contributed by atoms with Gasteiger partial charge in [-0.1, -0.05) is 12.1 Å². The largest absolute Gasteiger partial charge is 0.480 e. The Balaban J connectivity index is 1.90. The van der Waals surface area contributed by atoms with Crippen LogP contribution in [0.4, 0.5) is 5.82 Å². The number of hydrogen-bond donors (Lipinski definition) is 0. The number of hydrogen-bond acceptors (Lipinski definition) is 4. The second kappa shape index (κ2) is 6.12. The molecule has 23 heavy (non-hydrogen) atoms. The van der Waals surface area contributed by atoms with Crippen molar-refractivity contribution in [2.24, 2.45) is 0 Å². The van der Waals surface area contributed by atoms with Crippen LogP contribution in [0.3, 0.4) is 0 Å². The second-order valence-electron chi connectivity index (χ2n) is 5.45. The highest BCUT2D eigenvalue weighted by molar-refractivity contribution is 9.10. The van der Waals surface area contributed by atoms with Crippen molar-refractivity contribution in [3.05, 3.63) is 51.6 Å². The molecule has 0 atom stereocenters. The summed E-state index contributed by atoms with van der Waals surface area (Å²) in [5.74, 6) is 0.463. The maximum Gasteiger partial charge on any atom is 0.266 e. The lowest BCUT2D eigenvalue weighted by molar-refractivity contribution is -0.121. The monoisotopic (exact) mass is 374 g/mol. The number of Topliss-reactive ketones (excluding diaryl/α,β-unsaturated/α-hetero) is 1. The van der Waals surface area contributed by atoms with Gasteiger partial charge in [0.1, 0.15) is 4.60 Å². The Bertz CT molecular complexity index is 804. The fraction of sp³-hybridized carbons (Fsp3) is 0.235. The van der Waals surface area contributed by atoms with E-state index in [1.165, 1.54) is 4.90 Å². The lowest BCUT2D eigenvalue weighted by Gasteiger charge is -2.27. The Morgan fingerprint density at radius 1 is 1.26 bits per heavy atom. The Kier molecular flexibility index (Phi) is 4.17. The third-order valence-electron chi connectivity index (χ3n) is 3.84. The minimum absolute atomic E-state index is 0.0544. The van der Waals surface area contributed by atoms with E-state index in [0.29, 0.717) is 21.7 Å². The maximum absolute atomic E-state index is 12.5. The van der Waals surface area contributed by atoms with Gasteiger partial charge in [0.2, 0.25) is 0 Å². The van der Waals surface area contributed by atoms with Crippen molar-refractivity contribution in [2.45, 2.75) is 13.8 Å². The molecular formula is C17H15BrN2O3. The second-order valence-corrected chi connectivity index (χ2v) is 6.26. The Labute approximate surface area is 142 Å². The number of nitrogens with zero attached hydrogens (tertiary/aromatic N) is 2. The topological polar surface area (TPSA) is 59.5 Å². The van der Waals surface area contributed by atoms with Crippen LogP contribution in [0.2, 0.25) is 0 Å². The van der Waals surface area contributed by atoms with Gasteiger partial charge in [-0.25, -0.2) is 4.98 Å². The highest BCUT2D eigenvalue weighted by Gasteiger charge is 2.29. The van der Waals surface area contributed by atoms with Gasteiger partial charge in [0.05, 0.1) is 6.54 Å². The summed E-state index contributed by atoms with van der Waals surface area (Å²) in [5, 5.41) is 0. The average molecular weight is 375 g/mol. The summed E-state index contributed by atoms with van der Waals surface area (Å²) in [5.41, 5.74) is 2.76. The first-order chi connectivity index (χ1) is 11.0. The molecule has 6 heteroatoms. The van der Waals surface area contributed by atoms with Crippen LogP contribution in [0, 0.1) is 13.8 Å². The third kappa shape index (κ3) is 3.12. The van der Waals surface area contributed by atoms with Crippen molar-refractivity contribution >= 4 is 33.4 Å². The molecule has 0 bridgehead atoms. The zero-order chi connectivity index (χ0) is 16.6. The zero-order valence-corrected chi connectivity index (χ0v) is 14.4. The summed E-state index contributed by atoms with van der Waals surface area (Å²) in [4.78, 5) is 30.3. The van der Waals surface area contributed by atoms with Gasteiger partial charge in [0.25, 0.3) is 5.91 Å². The number of ether oxygens (including phenoxy) is 1. The molecule has 1 amide bonds. The van der Waals surface area contributed by atoms with Crippen LogP contribution in [0.1, 0.15) is 21.5 Å². The summed E-state index contributed by atoms with van der Waals surface area (Å²) >= 11 is 3.28. The Morgan fingerprint density at radius 2 is 2.04 bits per heavy atom. The lowest BCUT2D eigenvalue weighted by atomic mass is 10.0. The van der Waals surface area contributed by atoms with Gasteiger partial charge in [-0.2, -0.15) is 0 Å². The molecule has 0 radical (unpaired) electrons. The fourth-order valence-electron chi connectivity index (χ4n) is 2.37. The highest BCUT2D eigenvalue weighted by atomic mass is 79.9. The van der Waals surface area contributed by atoms with E-state index >= 15 is 0 Å². The van der Waals surface area contributed by atoms with Crippen LogP contribution >= 0.6 is 15.9 Å². The lowest BCUT2D eigenvalue weighted by Crippen LogP contribution is -2.42. The smallest absolute Gasteiger partial charge is 0.266 e. The summed E-state index contributed by atoms with van der Waals surface area (Å²) in [6.07, 6.45) is 0. The average Bonchev–Trinajstić information content (AvgIpc) is 2.52. The fourth-order valence-corrected chi connectivity index (χ4v) is 2.67. The number of benzene rings is 1. The van der Waals surface area contributed by atoms with Crippen LogP contribution < -0.4 is 9.64 Å². The number of pyridine rings is 1. The predicted octanol–water partition coefficient (Wildman–Crippen LogP) is 3.07. The molecule has 2 aromatic rings. The van der Waals surface area contributed by atoms with E-state index in [0.717, 1.165) is 11.1 Å². The van der Waals surface area contributed by atoms with E-state index in [1.807, 2.05) is 26.0 Å². The van der Waals surface area contributed by atoms with Gasteiger partial charge >= 0.3 is 0 Å². The number of carbonyl (C=O) groups excluding carboxylic acids is 2. The van der Waals surface area contributed by atoms with E-state index < -0.39 is 0 Å². The van der Waals surface area contributed by atoms with Gasteiger partial charge in [-0.3, -0.25) is 14.5 Å². The third-order valence-corrected chi connectivity index (χ3v) is 4.29. The molecule has 0 aliphatic carbocycles. The number of ketones is 1. The van der Waals surface area contributed by atoms with Crippen molar-refractivity contribution in [3.8, 4) is 5.75 Å². The summed E-state index contributed by atoms with van der Waals surface area (Å²) in [6.45, 7) is 3.81. The van der Waals surface area contributed by atoms with Crippen molar-refractivity contribution in [3.63, 3.8) is 0 Å². The number of aromatic nitrogens is 1. The minimum atomic E-state index is -0.278. The molecule has 5 nitrogen and oxygen atoms in total. The van der Waals surface area contributed by atoms with Crippen LogP contribution in [-0.2, 0) is 4.79 Å². The molecule has 1 aliphatic rings. The quantitative estimate of drug-likeness (QED) is 0.611. The summed E-state index contributed by atoms with van der Waals surface area (Å²) in [7, 11) is 0. The van der Waals surface area contributed by atoms with Gasteiger partial charge in [0.15, 0.2) is 24.0 Å². The van der Waals surface area contributed by atoms with Gasteiger partial charge in [-0.15, -0.1) is 0 Å². The van der Waals surface area contributed by atoms with Crippen molar-refractivity contribution in [1.29, 1.82) is 0 Å². The van der Waals surface area contributed by atoms with E-state index in [9.17, 15) is 9.59 Å². The summed E-state index contributed by atoms with van der Waals surface area (Å²) < 4.78 is 5.94. The molecule has 3 rings (SSSR count). The normalized spacial score (nSPS) is 13.5. The molecule has 0 saturated heterocycles. The molecule has 1 aromatic carbocycles. The number of amides is 1. The van der Waals surface area contributed by atoms with Crippen molar-refractivity contribution in [2.75, 3.05) is 18.1 Å². The van der Waals surface area contributed by atoms with E-state index in [2.05, 4.69) is 20.9 Å². The van der Waals surface area contributed by atoms with Gasteiger partial charge in [-0.05, 0) is 59.1 Å². The summed E-state index contributed by atoms with van der Waals surface area (Å²) in [6, 6.07) is 9.00. The van der Waals surface area contributed by atoms with Crippen LogP contribution in [0.25, 0.3) is 0 Å². The molecule has 0 saturated carbocycles. The Morgan fingerprint density at radius 3 is 2.78 bits per heavy atom. The first-order valence-corrected chi connectivity index (χ1v) is 7.95. The number of rotatable bonds is 3. The molecule has 0 fully saturated rings. The molecule has 118 valence electrons. The molecule has 0 unspecified atom stereocenters. The van der Waals surface area contributed by atoms with Gasteiger partial charge < -0.3 is 4.74 Å². The van der Waals surface area contributed by atoms with Crippen LogP contribution in [0.15, 0.2) is 34.9 Å². The number of fused-ring (bicyclic) bond motifs is 1. The predicted molar refractivity (Wildman–Crippen MR) is 90.0 cm³/mol. The van der Waals surface area contributed by atoms with Crippen molar-refractivity contribution < 1.29 is 14.3 Å². The zero-order valence-electron chi connectivity index (χ0n) is 12.8. The number of halogens is 1. The standard InChI is InChI=1S/C17H15BrN2O3/c1-10-3-4-12(7-11(10)2)13(21)8-20-16(22)9-23-14-5-6-15(18)19-17(14)20/h3-7H,8-9H2,1-2H3. The van der Waals surface area contributed by atoms with E-state index in [-0.39, 0.29) is 24.8 Å². The van der Waals surface area contributed by atoms with Crippen LogP contribution in [-0.4, -0.2) is 29.8 Å². The maximum atomic E-state index is 12.5. The first-order valence-electron chi connectivity index (χ1n) is 7.16. The van der Waals surface area contributed by atoms with E-state index in [4.69, 9.17) is 4.74 Å². The molecule has 1 aliphatic heterocycles. The van der Waals surface area contributed by atoms with Gasteiger partial charge in [0, 0.05) is 5.56 Å². The van der Waals surface area contributed by atoms with Crippen molar-refractivity contribution in [1.82, 2.24) is 4.98 Å². The molecule has 0 N–H and O–H groups in total. The first kappa shape index (κ1) is 15.7. The number of carbonyl (C=O) groups is 2.